The Hall–Kier alpha value is -2.54. The maximum absolute atomic E-state index is 8.81. The van der Waals surface area contributed by atoms with Gasteiger partial charge in [0.15, 0.2) is 0 Å². The van der Waals surface area contributed by atoms with Gasteiger partial charge in [0.25, 0.3) is 0 Å². The molecule has 0 unspecified atom stereocenters. The lowest BCUT2D eigenvalue weighted by Crippen LogP contribution is -2.17. The number of hydrogen-bond acceptors (Lipinski definition) is 4. The average molecular weight is 238 g/mol. The van der Waals surface area contributed by atoms with E-state index in [2.05, 4.69) is 4.98 Å². The van der Waals surface area contributed by atoms with Gasteiger partial charge in [-0.3, -0.25) is 0 Å². The zero-order valence-corrected chi connectivity index (χ0v) is 10.2. The Morgan fingerprint density at radius 2 is 2.11 bits per heavy atom. The first-order valence-electron chi connectivity index (χ1n) is 5.61. The van der Waals surface area contributed by atoms with Crippen LogP contribution in [0.4, 0.5) is 11.4 Å². The highest BCUT2D eigenvalue weighted by Gasteiger charge is 2.05. The van der Waals surface area contributed by atoms with E-state index in [1.165, 1.54) is 0 Å². The summed E-state index contributed by atoms with van der Waals surface area (Å²) < 4.78 is 0. The van der Waals surface area contributed by atoms with E-state index < -0.39 is 0 Å². The molecule has 4 heteroatoms. The molecule has 4 nitrogen and oxygen atoms in total. The molecule has 2 aromatic rings. The number of para-hydroxylation sites is 2. The van der Waals surface area contributed by atoms with E-state index in [1.54, 1.807) is 12.3 Å². The quantitative estimate of drug-likeness (QED) is 0.832. The molecule has 0 atom stereocenters. The van der Waals surface area contributed by atoms with Crippen molar-refractivity contribution in [2.24, 2.45) is 0 Å². The normalized spacial score (nSPS) is 9.78. The molecule has 1 aromatic heterocycles. The lowest BCUT2D eigenvalue weighted by atomic mass is 10.2. The second-order valence-electron chi connectivity index (χ2n) is 4.08. The van der Waals surface area contributed by atoms with Crippen molar-refractivity contribution < 1.29 is 0 Å². The van der Waals surface area contributed by atoms with Crippen molar-refractivity contribution in [3.05, 3.63) is 53.9 Å². The van der Waals surface area contributed by atoms with Gasteiger partial charge in [-0.1, -0.05) is 12.1 Å². The zero-order valence-electron chi connectivity index (χ0n) is 10.2. The SMILES string of the molecule is CN(Cc1ccnc(C#N)c1)c1ccccc1N. The summed E-state index contributed by atoms with van der Waals surface area (Å²) >= 11 is 0. The number of nitrogens with two attached hydrogens (primary N) is 1. The predicted molar refractivity (Wildman–Crippen MR) is 71.9 cm³/mol. The molecule has 0 amide bonds. The van der Waals surface area contributed by atoms with Gasteiger partial charge in [-0.05, 0) is 29.8 Å². The Labute approximate surface area is 106 Å². The number of anilines is 2. The molecule has 18 heavy (non-hydrogen) atoms. The standard InChI is InChI=1S/C14H14N4/c1-18(14-5-3-2-4-13(14)16)10-11-6-7-17-12(8-11)9-15/h2-8H,10,16H2,1H3. The van der Waals surface area contributed by atoms with Gasteiger partial charge in [-0.15, -0.1) is 0 Å². The monoisotopic (exact) mass is 238 g/mol. The maximum Gasteiger partial charge on any atom is 0.140 e. The maximum atomic E-state index is 8.81. The molecule has 1 heterocycles. The van der Waals surface area contributed by atoms with Gasteiger partial charge in [0.1, 0.15) is 11.8 Å². The molecule has 1 aromatic carbocycles. The van der Waals surface area contributed by atoms with Gasteiger partial charge in [0, 0.05) is 19.8 Å². The van der Waals surface area contributed by atoms with Crippen molar-refractivity contribution in [1.82, 2.24) is 4.98 Å². The van der Waals surface area contributed by atoms with Crippen molar-refractivity contribution in [3.63, 3.8) is 0 Å². The van der Waals surface area contributed by atoms with Crippen molar-refractivity contribution >= 4 is 11.4 Å². The third kappa shape index (κ3) is 2.58. The number of nitrogen functional groups attached to an aromatic ring is 1. The Bertz CT molecular complexity index is 586. The summed E-state index contributed by atoms with van der Waals surface area (Å²) in [5, 5.41) is 8.81. The van der Waals surface area contributed by atoms with Gasteiger partial charge in [-0.25, -0.2) is 4.98 Å². The van der Waals surface area contributed by atoms with Gasteiger partial charge < -0.3 is 10.6 Å². The van der Waals surface area contributed by atoms with E-state index >= 15 is 0 Å². The lowest BCUT2D eigenvalue weighted by molar-refractivity contribution is 0.920. The van der Waals surface area contributed by atoms with Crippen molar-refractivity contribution in [3.8, 4) is 6.07 Å². The number of rotatable bonds is 3. The molecule has 0 aliphatic rings. The summed E-state index contributed by atoms with van der Waals surface area (Å²) in [6, 6.07) is 13.4. The highest BCUT2D eigenvalue weighted by atomic mass is 15.1. The predicted octanol–water partition coefficient (Wildman–Crippen LogP) is 2.17. The van der Waals surface area contributed by atoms with E-state index in [9.17, 15) is 0 Å². The molecule has 0 aliphatic carbocycles. The third-order valence-electron chi connectivity index (χ3n) is 2.71. The highest BCUT2D eigenvalue weighted by Crippen LogP contribution is 2.22. The van der Waals surface area contributed by atoms with Crippen LogP contribution in [-0.4, -0.2) is 12.0 Å². The molecular formula is C14H14N4. The molecule has 0 saturated heterocycles. The van der Waals surface area contributed by atoms with Crippen molar-refractivity contribution in [2.45, 2.75) is 6.54 Å². The molecule has 0 spiro atoms. The van der Waals surface area contributed by atoms with Gasteiger partial charge in [0.05, 0.1) is 11.4 Å². The van der Waals surface area contributed by atoms with Crippen LogP contribution in [0.5, 0.6) is 0 Å². The minimum atomic E-state index is 0.432. The van der Waals surface area contributed by atoms with E-state index in [-0.39, 0.29) is 0 Å². The fourth-order valence-electron chi connectivity index (χ4n) is 1.83. The number of benzene rings is 1. The summed E-state index contributed by atoms with van der Waals surface area (Å²) in [6.07, 6.45) is 1.65. The summed E-state index contributed by atoms with van der Waals surface area (Å²) in [7, 11) is 1.97. The van der Waals surface area contributed by atoms with Gasteiger partial charge in [-0.2, -0.15) is 5.26 Å². The van der Waals surface area contributed by atoms with Crippen LogP contribution in [0.2, 0.25) is 0 Å². The zero-order chi connectivity index (χ0) is 13.0. The largest absolute Gasteiger partial charge is 0.397 e. The summed E-state index contributed by atoms with van der Waals surface area (Å²) in [5.74, 6) is 0. The van der Waals surface area contributed by atoms with E-state index in [0.29, 0.717) is 12.2 Å². The molecule has 90 valence electrons. The van der Waals surface area contributed by atoms with Crippen LogP contribution < -0.4 is 10.6 Å². The Morgan fingerprint density at radius 1 is 1.33 bits per heavy atom. The molecule has 0 saturated carbocycles. The molecule has 2 rings (SSSR count). The second kappa shape index (κ2) is 5.19. The first-order chi connectivity index (χ1) is 8.70. The van der Waals surface area contributed by atoms with E-state index in [1.807, 2.05) is 48.3 Å². The smallest absolute Gasteiger partial charge is 0.140 e. The molecular weight excluding hydrogens is 224 g/mol. The molecule has 0 bridgehead atoms. The summed E-state index contributed by atoms with van der Waals surface area (Å²) in [4.78, 5) is 6.00. The number of aromatic nitrogens is 1. The number of nitrogens with zero attached hydrogens (tertiary/aromatic N) is 3. The van der Waals surface area contributed by atoms with Crippen LogP contribution in [-0.2, 0) is 6.54 Å². The minimum Gasteiger partial charge on any atom is -0.397 e. The number of pyridine rings is 1. The molecule has 0 aliphatic heterocycles. The number of nitriles is 1. The number of hydrogen-bond donors (Lipinski definition) is 1. The summed E-state index contributed by atoms with van der Waals surface area (Å²) in [6.45, 7) is 0.686. The third-order valence-corrected chi connectivity index (χ3v) is 2.71. The topological polar surface area (TPSA) is 65.9 Å². The Kier molecular flexibility index (Phi) is 3.44. The molecule has 0 radical (unpaired) electrons. The Morgan fingerprint density at radius 3 is 2.83 bits per heavy atom. The van der Waals surface area contributed by atoms with Crippen molar-refractivity contribution in [2.75, 3.05) is 17.7 Å². The van der Waals surface area contributed by atoms with Gasteiger partial charge >= 0.3 is 0 Å². The highest BCUT2D eigenvalue weighted by molar-refractivity contribution is 5.66. The molecule has 2 N–H and O–H groups in total. The minimum absolute atomic E-state index is 0.432. The van der Waals surface area contributed by atoms with Crippen LogP contribution >= 0.6 is 0 Å². The van der Waals surface area contributed by atoms with Crippen LogP contribution in [0.15, 0.2) is 42.6 Å². The van der Waals surface area contributed by atoms with Crippen LogP contribution in [0.3, 0.4) is 0 Å². The van der Waals surface area contributed by atoms with Gasteiger partial charge in [0.2, 0.25) is 0 Å². The van der Waals surface area contributed by atoms with Crippen LogP contribution in [0.1, 0.15) is 11.3 Å². The Balaban J connectivity index is 2.19. The lowest BCUT2D eigenvalue weighted by Gasteiger charge is -2.21. The average Bonchev–Trinajstić information content (AvgIpc) is 2.39. The first kappa shape index (κ1) is 11.9. The van der Waals surface area contributed by atoms with Crippen LogP contribution in [0, 0.1) is 11.3 Å². The molecule has 0 fully saturated rings. The van der Waals surface area contributed by atoms with E-state index in [4.69, 9.17) is 11.0 Å². The fraction of sp³-hybridized carbons (Fsp3) is 0.143. The van der Waals surface area contributed by atoms with E-state index in [0.717, 1.165) is 16.9 Å². The van der Waals surface area contributed by atoms with Crippen LogP contribution in [0.25, 0.3) is 0 Å². The van der Waals surface area contributed by atoms with Crippen molar-refractivity contribution in [1.29, 1.82) is 5.26 Å². The fourth-order valence-corrected chi connectivity index (χ4v) is 1.83. The summed E-state index contributed by atoms with van der Waals surface area (Å²) in [5.41, 5.74) is 9.12. The second-order valence-corrected chi connectivity index (χ2v) is 4.08. The first-order valence-corrected chi connectivity index (χ1v) is 5.61.